The molecule has 0 spiro atoms. The monoisotopic (exact) mass is 210 g/mol. The predicted octanol–water partition coefficient (Wildman–Crippen LogP) is 2.00. The molecule has 1 aliphatic rings. The van der Waals surface area contributed by atoms with Gasteiger partial charge in [-0.1, -0.05) is 11.5 Å². The Kier molecular flexibility index (Phi) is 2.66. The van der Waals surface area contributed by atoms with Crippen LogP contribution in [-0.4, -0.2) is 19.7 Å². The van der Waals surface area contributed by atoms with E-state index in [4.69, 9.17) is 0 Å². The molecule has 0 amide bonds. The van der Waals surface area contributed by atoms with Gasteiger partial charge in [0.2, 0.25) is 5.82 Å². The highest BCUT2D eigenvalue weighted by Crippen LogP contribution is 2.29. The lowest BCUT2D eigenvalue weighted by Crippen LogP contribution is -2.16. The molecule has 2 rings (SSSR count). The van der Waals surface area contributed by atoms with Gasteiger partial charge in [0.05, 0.1) is 0 Å². The zero-order valence-corrected chi connectivity index (χ0v) is 8.72. The fourth-order valence-electron chi connectivity index (χ4n) is 2.11. The number of aromatic nitrogens is 3. The van der Waals surface area contributed by atoms with Gasteiger partial charge in [-0.15, -0.1) is 4.68 Å². The summed E-state index contributed by atoms with van der Waals surface area (Å²) in [4.78, 5) is 14.1. The second-order valence-electron chi connectivity index (χ2n) is 3.95. The number of rotatable bonds is 2. The number of aryl methyl sites for hydroxylation is 1. The molecule has 82 valence electrons. The van der Waals surface area contributed by atoms with Crippen LogP contribution in [0.3, 0.4) is 0 Å². The summed E-state index contributed by atoms with van der Waals surface area (Å²) < 4.78 is 1.49. The second kappa shape index (κ2) is 3.96. The molecule has 0 atom stereocenters. The Labute approximate surface area is 87.5 Å². The molecule has 0 aliphatic heterocycles. The summed E-state index contributed by atoms with van der Waals surface area (Å²) in [6.45, 7) is 1.69. The standard InChI is InChI=1S/C9H14N4O2/c1-7-10-9(13(14)15)12(11-7)8-5-3-2-4-6-8/h8H,2-6H2,1H3. The van der Waals surface area contributed by atoms with Crippen molar-refractivity contribution in [2.45, 2.75) is 45.1 Å². The van der Waals surface area contributed by atoms with Crippen LogP contribution in [0.15, 0.2) is 0 Å². The normalized spacial score (nSPS) is 17.9. The Hall–Kier alpha value is -1.46. The van der Waals surface area contributed by atoms with Gasteiger partial charge in [-0.05, 0) is 35.6 Å². The number of nitro groups is 1. The van der Waals surface area contributed by atoms with E-state index in [1.807, 2.05) is 0 Å². The molecule has 0 saturated heterocycles. The van der Waals surface area contributed by atoms with Crippen LogP contribution in [0.4, 0.5) is 5.95 Å². The fourth-order valence-corrected chi connectivity index (χ4v) is 2.11. The molecular weight excluding hydrogens is 196 g/mol. The highest BCUT2D eigenvalue weighted by Gasteiger charge is 2.27. The zero-order chi connectivity index (χ0) is 10.8. The maximum absolute atomic E-state index is 10.8. The van der Waals surface area contributed by atoms with Crippen LogP contribution in [0, 0.1) is 17.0 Å². The Bertz CT molecular complexity index is 368. The van der Waals surface area contributed by atoms with Crippen LogP contribution in [0.2, 0.25) is 0 Å². The summed E-state index contributed by atoms with van der Waals surface area (Å²) >= 11 is 0. The minimum Gasteiger partial charge on any atom is -0.390 e. The smallest absolute Gasteiger partial charge is 0.390 e. The van der Waals surface area contributed by atoms with Crippen LogP contribution in [0.1, 0.15) is 44.0 Å². The van der Waals surface area contributed by atoms with E-state index in [1.54, 1.807) is 6.92 Å². The van der Waals surface area contributed by atoms with E-state index in [9.17, 15) is 10.1 Å². The molecule has 0 radical (unpaired) electrons. The van der Waals surface area contributed by atoms with Crippen molar-refractivity contribution in [3.8, 4) is 0 Å². The Morgan fingerprint density at radius 1 is 1.40 bits per heavy atom. The van der Waals surface area contributed by atoms with Gasteiger partial charge in [-0.25, -0.2) is 0 Å². The van der Waals surface area contributed by atoms with E-state index < -0.39 is 4.92 Å². The fraction of sp³-hybridized carbons (Fsp3) is 0.778. The summed E-state index contributed by atoms with van der Waals surface area (Å²) in [7, 11) is 0. The van der Waals surface area contributed by atoms with E-state index >= 15 is 0 Å². The molecule has 1 saturated carbocycles. The molecule has 1 aliphatic carbocycles. The van der Waals surface area contributed by atoms with Crippen molar-refractivity contribution in [3.63, 3.8) is 0 Å². The first-order valence-electron chi connectivity index (χ1n) is 5.26. The van der Waals surface area contributed by atoms with Gasteiger partial charge in [0, 0.05) is 6.92 Å². The first-order valence-corrected chi connectivity index (χ1v) is 5.26. The Morgan fingerprint density at radius 2 is 2.07 bits per heavy atom. The van der Waals surface area contributed by atoms with Gasteiger partial charge < -0.3 is 10.1 Å². The molecule has 0 bridgehead atoms. The summed E-state index contributed by atoms with van der Waals surface area (Å²) in [6.07, 6.45) is 5.42. The van der Waals surface area contributed by atoms with Gasteiger partial charge in [0.25, 0.3) is 0 Å². The van der Waals surface area contributed by atoms with E-state index in [0.29, 0.717) is 5.82 Å². The maximum atomic E-state index is 10.8. The van der Waals surface area contributed by atoms with Gasteiger partial charge >= 0.3 is 5.95 Å². The van der Waals surface area contributed by atoms with Crippen molar-refractivity contribution in [2.24, 2.45) is 0 Å². The van der Waals surface area contributed by atoms with Crippen molar-refractivity contribution in [1.29, 1.82) is 0 Å². The van der Waals surface area contributed by atoms with Crippen LogP contribution in [-0.2, 0) is 0 Å². The molecule has 6 nitrogen and oxygen atoms in total. The summed E-state index contributed by atoms with van der Waals surface area (Å²) in [6, 6.07) is 0.167. The lowest BCUT2D eigenvalue weighted by atomic mass is 9.96. The molecule has 1 fully saturated rings. The number of nitrogens with zero attached hydrogens (tertiary/aromatic N) is 4. The number of hydrogen-bond donors (Lipinski definition) is 0. The SMILES string of the molecule is Cc1nc([N+](=O)[O-])n(C2CCCCC2)n1. The minimum absolute atomic E-state index is 0.112. The lowest BCUT2D eigenvalue weighted by molar-refractivity contribution is -0.397. The van der Waals surface area contributed by atoms with Crippen molar-refractivity contribution >= 4 is 5.95 Å². The molecule has 0 N–H and O–H groups in total. The third kappa shape index (κ3) is 1.98. The summed E-state index contributed by atoms with van der Waals surface area (Å²) in [5, 5.41) is 14.9. The second-order valence-corrected chi connectivity index (χ2v) is 3.95. The van der Waals surface area contributed by atoms with E-state index in [0.717, 1.165) is 25.7 Å². The van der Waals surface area contributed by atoms with Crippen molar-refractivity contribution in [1.82, 2.24) is 14.8 Å². The molecular formula is C9H14N4O2. The third-order valence-electron chi connectivity index (χ3n) is 2.80. The van der Waals surface area contributed by atoms with Gasteiger partial charge in [-0.3, -0.25) is 0 Å². The largest absolute Gasteiger partial charge is 0.456 e. The van der Waals surface area contributed by atoms with Gasteiger partial charge in [0.1, 0.15) is 6.04 Å². The zero-order valence-electron chi connectivity index (χ0n) is 8.72. The average Bonchev–Trinajstić information content (AvgIpc) is 2.62. The molecule has 15 heavy (non-hydrogen) atoms. The van der Waals surface area contributed by atoms with Crippen molar-refractivity contribution in [3.05, 3.63) is 15.9 Å². The summed E-state index contributed by atoms with van der Waals surface area (Å²) in [5.41, 5.74) is 0. The summed E-state index contributed by atoms with van der Waals surface area (Å²) in [5.74, 6) is 0.367. The van der Waals surface area contributed by atoms with E-state index in [-0.39, 0.29) is 12.0 Å². The quantitative estimate of drug-likeness (QED) is 0.552. The first-order chi connectivity index (χ1) is 7.18. The number of hydrogen-bond acceptors (Lipinski definition) is 4. The van der Waals surface area contributed by atoms with Crippen LogP contribution in [0.25, 0.3) is 0 Å². The molecule has 1 heterocycles. The van der Waals surface area contributed by atoms with Gasteiger partial charge in [0.15, 0.2) is 0 Å². The van der Waals surface area contributed by atoms with Crippen LogP contribution >= 0.6 is 0 Å². The maximum Gasteiger partial charge on any atom is 0.456 e. The van der Waals surface area contributed by atoms with Crippen molar-refractivity contribution < 1.29 is 4.92 Å². The predicted molar refractivity (Wildman–Crippen MR) is 53.5 cm³/mol. The Morgan fingerprint density at radius 3 is 2.67 bits per heavy atom. The molecule has 0 aromatic carbocycles. The van der Waals surface area contributed by atoms with E-state index in [1.165, 1.54) is 11.1 Å². The molecule has 1 aromatic heterocycles. The molecule has 6 heteroatoms. The van der Waals surface area contributed by atoms with Crippen molar-refractivity contribution in [2.75, 3.05) is 0 Å². The first kappa shape index (κ1) is 10.1. The highest BCUT2D eigenvalue weighted by molar-refractivity contribution is 5.07. The third-order valence-corrected chi connectivity index (χ3v) is 2.80. The molecule has 1 aromatic rings. The van der Waals surface area contributed by atoms with E-state index in [2.05, 4.69) is 10.1 Å². The average molecular weight is 210 g/mol. The van der Waals surface area contributed by atoms with Crippen LogP contribution in [0.5, 0.6) is 0 Å². The topological polar surface area (TPSA) is 73.8 Å². The highest BCUT2D eigenvalue weighted by atomic mass is 16.6. The minimum atomic E-state index is -0.450. The van der Waals surface area contributed by atoms with Crippen LogP contribution < -0.4 is 0 Å². The Balaban J connectivity index is 2.28. The molecule has 0 unspecified atom stereocenters. The lowest BCUT2D eigenvalue weighted by Gasteiger charge is -2.18. The van der Waals surface area contributed by atoms with Gasteiger partial charge in [-0.2, -0.15) is 0 Å².